The maximum Gasteiger partial charge on any atom is 0.231 e. The number of anilines is 2. The van der Waals surface area contributed by atoms with Gasteiger partial charge in [-0.05, 0) is 43.7 Å². The van der Waals surface area contributed by atoms with Gasteiger partial charge in [-0.2, -0.15) is 9.97 Å². The van der Waals surface area contributed by atoms with Gasteiger partial charge in [0.2, 0.25) is 12.7 Å². The Balaban J connectivity index is 1.14. The van der Waals surface area contributed by atoms with Crippen molar-refractivity contribution in [3.8, 4) is 17.2 Å². The molecule has 1 saturated heterocycles. The molecular weight excluding hydrogens is 482 g/mol. The van der Waals surface area contributed by atoms with E-state index < -0.39 is 0 Å². The summed E-state index contributed by atoms with van der Waals surface area (Å²) in [6.07, 6.45) is 1.85. The SMILES string of the molecule is CC(C)n1cnc2c(NCCOc3ccccc3)nc(N3CCN(Cc4ccc5c(c4)OCO5)CC3)nc21. The van der Waals surface area contributed by atoms with Crippen molar-refractivity contribution in [3.05, 3.63) is 60.4 Å². The van der Waals surface area contributed by atoms with Crippen LogP contribution in [0, 0.1) is 0 Å². The summed E-state index contributed by atoms with van der Waals surface area (Å²) >= 11 is 0. The molecular formula is C28H33N7O3. The maximum absolute atomic E-state index is 5.85. The number of hydrogen-bond acceptors (Lipinski definition) is 9. The normalized spacial score (nSPS) is 15.4. The van der Waals surface area contributed by atoms with Gasteiger partial charge in [0.15, 0.2) is 28.5 Å². The molecule has 2 aliphatic heterocycles. The molecule has 0 radical (unpaired) electrons. The molecule has 1 fully saturated rings. The lowest BCUT2D eigenvalue weighted by Crippen LogP contribution is -2.46. The predicted octanol–water partition coefficient (Wildman–Crippen LogP) is 3.95. The van der Waals surface area contributed by atoms with Crippen molar-refractivity contribution in [1.82, 2.24) is 24.4 Å². The molecule has 4 aromatic rings. The Morgan fingerprint density at radius 1 is 0.974 bits per heavy atom. The lowest BCUT2D eigenvalue weighted by atomic mass is 10.1. The molecule has 6 rings (SSSR count). The highest BCUT2D eigenvalue weighted by atomic mass is 16.7. The largest absolute Gasteiger partial charge is 0.492 e. The second kappa shape index (κ2) is 10.7. The molecule has 2 aromatic heterocycles. The number of benzene rings is 2. The van der Waals surface area contributed by atoms with Crippen molar-refractivity contribution in [2.75, 3.05) is 56.3 Å². The van der Waals surface area contributed by atoms with Crippen molar-refractivity contribution >= 4 is 22.9 Å². The van der Waals surface area contributed by atoms with Crippen LogP contribution in [0.3, 0.4) is 0 Å². The number of imidazole rings is 1. The zero-order valence-corrected chi connectivity index (χ0v) is 21.8. The van der Waals surface area contributed by atoms with Gasteiger partial charge in [0.05, 0.1) is 12.9 Å². The van der Waals surface area contributed by atoms with Gasteiger partial charge in [0.25, 0.3) is 0 Å². The number of fused-ring (bicyclic) bond motifs is 2. The van der Waals surface area contributed by atoms with Crippen molar-refractivity contribution < 1.29 is 14.2 Å². The van der Waals surface area contributed by atoms with Crippen LogP contribution in [0.15, 0.2) is 54.9 Å². The second-order valence-corrected chi connectivity index (χ2v) is 9.83. The smallest absolute Gasteiger partial charge is 0.231 e. The van der Waals surface area contributed by atoms with E-state index in [0.29, 0.717) is 19.9 Å². The molecule has 2 aromatic carbocycles. The first kappa shape index (κ1) is 24.3. The number of piperazine rings is 1. The monoisotopic (exact) mass is 515 g/mol. The van der Waals surface area contributed by atoms with Gasteiger partial charge < -0.3 is 29.0 Å². The average molecular weight is 516 g/mol. The Morgan fingerprint density at radius 3 is 2.61 bits per heavy atom. The summed E-state index contributed by atoms with van der Waals surface area (Å²) in [5, 5.41) is 3.44. The quantitative estimate of drug-likeness (QED) is 0.333. The van der Waals surface area contributed by atoms with E-state index >= 15 is 0 Å². The first-order valence-corrected chi connectivity index (χ1v) is 13.2. The van der Waals surface area contributed by atoms with Crippen LogP contribution in [-0.2, 0) is 6.54 Å². The van der Waals surface area contributed by atoms with E-state index in [0.717, 1.165) is 72.9 Å². The Kier molecular flexibility index (Phi) is 6.87. The first-order valence-electron chi connectivity index (χ1n) is 13.2. The fraction of sp³-hybridized carbons (Fsp3) is 0.393. The van der Waals surface area contributed by atoms with Crippen molar-refractivity contribution in [1.29, 1.82) is 0 Å². The molecule has 0 amide bonds. The summed E-state index contributed by atoms with van der Waals surface area (Å²) in [6, 6.07) is 16.3. The van der Waals surface area contributed by atoms with Crippen molar-refractivity contribution in [3.63, 3.8) is 0 Å². The predicted molar refractivity (Wildman–Crippen MR) is 146 cm³/mol. The van der Waals surface area contributed by atoms with Gasteiger partial charge in [-0.15, -0.1) is 0 Å². The summed E-state index contributed by atoms with van der Waals surface area (Å²) in [6.45, 7) is 10.1. The lowest BCUT2D eigenvalue weighted by Gasteiger charge is -2.35. The zero-order valence-electron chi connectivity index (χ0n) is 21.8. The number of hydrogen-bond donors (Lipinski definition) is 1. The Labute approximate surface area is 222 Å². The van der Waals surface area contributed by atoms with Crippen LogP contribution in [-0.4, -0.2) is 70.5 Å². The number of nitrogens with zero attached hydrogens (tertiary/aromatic N) is 6. The second-order valence-electron chi connectivity index (χ2n) is 9.83. The van der Waals surface area contributed by atoms with Crippen LogP contribution < -0.4 is 24.4 Å². The summed E-state index contributed by atoms with van der Waals surface area (Å²) < 4.78 is 18.9. The Morgan fingerprint density at radius 2 is 1.79 bits per heavy atom. The van der Waals surface area contributed by atoms with E-state index in [4.69, 9.17) is 24.2 Å². The van der Waals surface area contributed by atoms with Crippen LogP contribution in [0.4, 0.5) is 11.8 Å². The van der Waals surface area contributed by atoms with Gasteiger partial charge in [-0.25, -0.2) is 4.98 Å². The van der Waals surface area contributed by atoms with Gasteiger partial charge in [0.1, 0.15) is 12.4 Å². The topological polar surface area (TPSA) is 89.8 Å². The molecule has 0 saturated carbocycles. The van der Waals surface area contributed by atoms with E-state index in [9.17, 15) is 0 Å². The van der Waals surface area contributed by atoms with Gasteiger partial charge >= 0.3 is 0 Å². The third-order valence-electron chi connectivity index (χ3n) is 6.87. The Bertz CT molecular complexity index is 1380. The molecule has 38 heavy (non-hydrogen) atoms. The van der Waals surface area contributed by atoms with Crippen LogP contribution in [0.25, 0.3) is 11.2 Å². The number of rotatable bonds is 9. The summed E-state index contributed by atoms with van der Waals surface area (Å²) in [5.74, 6) is 3.98. The third kappa shape index (κ3) is 5.17. The summed E-state index contributed by atoms with van der Waals surface area (Å²) in [7, 11) is 0. The number of para-hydroxylation sites is 1. The molecule has 10 nitrogen and oxygen atoms in total. The number of nitrogens with one attached hydrogen (secondary N) is 1. The highest BCUT2D eigenvalue weighted by Gasteiger charge is 2.23. The number of ether oxygens (including phenoxy) is 3. The van der Waals surface area contributed by atoms with Crippen LogP contribution in [0.5, 0.6) is 17.2 Å². The fourth-order valence-electron chi connectivity index (χ4n) is 4.81. The molecule has 0 aliphatic carbocycles. The minimum atomic E-state index is 0.246. The van der Waals surface area contributed by atoms with E-state index in [1.807, 2.05) is 42.7 Å². The standard InChI is InChI=1S/C28H33N7O3/c1-20(2)35-18-30-25-26(29-10-15-36-22-6-4-3-5-7-22)31-28(32-27(25)35)34-13-11-33(12-14-34)17-21-8-9-23-24(16-21)38-19-37-23/h3-9,16,18,20H,10-15,17,19H2,1-2H3,(H,29,31,32). The van der Waals surface area contributed by atoms with E-state index in [2.05, 4.69) is 50.6 Å². The minimum Gasteiger partial charge on any atom is -0.492 e. The van der Waals surface area contributed by atoms with Crippen LogP contribution >= 0.6 is 0 Å². The molecule has 2 aliphatic rings. The lowest BCUT2D eigenvalue weighted by molar-refractivity contribution is 0.174. The molecule has 198 valence electrons. The minimum absolute atomic E-state index is 0.246. The molecule has 10 heteroatoms. The Hall–Kier alpha value is -4.05. The molecule has 4 heterocycles. The van der Waals surface area contributed by atoms with E-state index in [1.165, 1.54) is 5.56 Å². The van der Waals surface area contributed by atoms with Crippen LogP contribution in [0.2, 0.25) is 0 Å². The van der Waals surface area contributed by atoms with Crippen molar-refractivity contribution in [2.45, 2.75) is 26.4 Å². The summed E-state index contributed by atoms with van der Waals surface area (Å²) in [4.78, 5) is 19.2. The molecule has 0 spiro atoms. The number of aromatic nitrogens is 4. The molecule has 0 unspecified atom stereocenters. The highest BCUT2D eigenvalue weighted by molar-refractivity contribution is 5.84. The maximum atomic E-state index is 5.85. The molecule has 0 atom stereocenters. The highest BCUT2D eigenvalue weighted by Crippen LogP contribution is 2.33. The molecule has 1 N–H and O–H groups in total. The third-order valence-corrected chi connectivity index (χ3v) is 6.87. The van der Waals surface area contributed by atoms with E-state index in [-0.39, 0.29) is 6.04 Å². The summed E-state index contributed by atoms with van der Waals surface area (Å²) in [5.41, 5.74) is 2.85. The van der Waals surface area contributed by atoms with E-state index in [1.54, 1.807) is 0 Å². The zero-order chi connectivity index (χ0) is 25.9. The van der Waals surface area contributed by atoms with Gasteiger partial charge in [0, 0.05) is 38.8 Å². The van der Waals surface area contributed by atoms with Crippen LogP contribution in [0.1, 0.15) is 25.5 Å². The van der Waals surface area contributed by atoms with Gasteiger partial charge in [-0.3, -0.25) is 4.90 Å². The average Bonchev–Trinajstić information content (AvgIpc) is 3.59. The van der Waals surface area contributed by atoms with Gasteiger partial charge in [-0.1, -0.05) is 24.3 Å². The van der Waals surface area contributed by atoms with Crippen molar-refractivity contribution in [2.24, 2.45) is 0 Å². The fourth-order valence-corrected chi connectivity index (χ4v) is 4.81. The first-order chi connectivity index (χ1) is 18.6. The molecule has 0 bridgehead atoms.